The van der Waals surface area contributed by atoms with Crippen LogP contribution < -0.4 is 5.32 Å². The van der Waals surface area contributed by atoms with E-state index in [9.17, 15) is 14.0 Å². The zero-order valence-corrected chi connectivity index (χ0v) is 13.3. The fraction of sp³-hybridized carbons (Fsp3) is 0.143. The van der Waals surface area contributed by atoms with Crippen LogP contribution in [0.15, 0.2) is 39.5 Å². The molecule has 1 aromatic heterocycles. The molecule has 0 aliphatic carbocycles. The lowest BCUT2D eigenvalue weighted by Crippen LogP contribution is -2.30. The highest BCUT2D eigenvalue weighted by Crippen LogP contribution is 2.19. The smallest absolute Gasteiger partial charge is 0.339 e. The Labute approximate surface area is 133 Å². The molecule has 1 N–H and O–H groups in total. The van der Waals surface area contributed by atoms with Crippen LogP contribution in [0, 0.1) is 5.82 Å². The molecule has 1 amide bonds. The zero-order valence-electron chi connectivity index (χ0n) is 10.9. The van der Waals surface area contributed by atoms with Crippen molar-refractivity contribution in [3.63, 3.8) is 0 Å². The number of benzene rings is 1. The van der Waals surface area contributed by atoms with Crippen LogP contribution in [0.5, 0.6) is 0 Å². The van der Waals surface area contributed by atoms with Gasteiger partial charge in [0.25, 0.3) is 5.91 Å². The highest BCUT2D eigenvalue weighted by Gasteiger charge is 2.20. The van der Waals surface area contributed by atoms with Gasteiger partial charge in [-0.1, -0.05) is 15.9 Å². The molecule has 4 nitrogen and oxygen atoms in total. The van der Waals surface area contributed by atoms with Crippen molar-refractivity contribution >= 4 is 44.8 Å². The Morgan fingerprint density at radius 1 is 1.38 bits per heavy atom. The van der Waals surface area contributed by atoms with Crippen LogP contribution >= 0.6 is 27.3 Å². The monoisotopic (exact) mass is 371 g/mol. The molecule has 110 valence electrons. The summed E-state index contributed by atoms with van der Waals surface area (Å²) in [6, 6.07) is 5.86. The molecule has 0 radical (unpaired) electrons. The predicted molar refractivity (Wildman–Crippen MR) is 81.9 cm³/mol. The Balaban J connectivity index is 1.98. The Kier molecular flexibility index (Phi) is 5.08. The van der Waals surface area contributed by atoms with Crippen molar-refractivity contribution in [2.75, 3.05) is 5.32 Å². The number of esters is 1. The second kappa shape index (κ2) is 6.82. The lowest BCUT2D eigenvalue weighted by atomic mass is 10.3. The molecule has 2 aromatic rings. The Morgan fingerprint density at radius 2 is 2.14 bits per heavy atom. The second-order valence-corrected chi connectivity index (χ2v) is 5.87. The number of hydrogen-bond acceptors (Lipinski definition) is 4. The summed E-state index contributed by atoms with van der Waals surface area (Å²) in [7, 11) is 0. The minimum Gasteiger partial charge on any atom is -0.449 e. The van der Waals surface area contributed by atoms with E-state index in [1.807, 2.05) is 0 Å². The largest absolute Gasteiger partial charge is 0.449 e. The van der Waals surface area contributed by atoms with E-state index in [-0.39, 0.29) is 5.69 Å². The molecule has 7 heteroatoms. The maximum Gasteiger partial charge on any atom is 0.339 e. The van der Waals surface area contributed by atoms with E-state index >= 15 is 0 Å². The third-order valence-corrected chi connectivity index (χ3v) is 3.78. The van der Waals surface area contributed by atoms with Gasteiger partial charge in [0.1, 0.15) is 5.82 Å². The number of halogens is 2. The maximum atomic E-state index is 13.6. The van der Waals surface area contributed by atoms with Crippen LogP contribution in [-0.4, -0.2) is 18.0 Å². The van der Waals surface area contributed by atoms with E-state index < -0.39 is 23.8 Å². The minimum atomic E-state index is -1.03. The van der Waals surface area contributed by atoms with Crippen LogP contribution in [0.1, 0.15) is 17.3 Å². The maximum absolute atomic E-state index is 13.6. The molecule has 0 bridgehead atoms. The van der Waals surface area contributed by atoms with Crippen LogP contribution in [0.2, 0.25) is 0 Å². The molecule has 0 saturated heterocycles. The third-order valence-electron chi connectivity index (χ3n) is 2.60. The first kappa shape index (κ1) is 15.7. The van der Waals surface area contributed by atoms with Gasteiger partial charge in [-0.05, 0) is 36.6 Å². The lowest BCUT2D eigenvalue weighted by molar-refractivity contribution is -0.123. The highest BCUT2D eigenvalue weighted by atomic mass is 79.9. The van der Waals surface area contributed by atoms with E-state index in [0.29, 0.717) is 10.0 Å². The molecule has 0 spiro atoms. The number of hydrogen-bond donors (Lipinski definition) is 1. The summed E-state index contributed by atoms with van der Waals surface area (Å²) in [6.45, 7) is 1.43. The van der Waals surface area contributed by atoms with E-state index in [1.165, 1.54) is 30.4 Å². The lowest BCUT2D eigenvalue weighted by Gasteiger charge is -2.13. The van der Waals surface area contributed by atoms with Crippen molar-refractivity contribution in [3.05, 3.63) is 50.9 Å². The average molecular weight is 372 g/mol. The molecule has 1 atom stereocenters. The standard InChI is InChI=1S/C14H11BrFNO3S/c1-8(20-14(19)9-4-5-21-7-9)13(18)17-12-3-2-10(15)6-11(12)16/h2-8H,1H3,(H,17,18)/t8-/m1/s1. The fourth-order valence-corrected chi connectivity index (χ4v) is 2.45. The van der Waals surface area contributed by atoms with Crippen molar-refractivity contribution in [3.8, 4) is 0 Å². The number of rotatable bonds is 4. The van der Waals surface area contributed by atoms with Crippen molar-refractivity contribution in [2.45, 2.75) is 13.0 Å². The van der Waals surface area contributed by atoms with Crippen molar-refractivity contribution < 1.29 is 18.7 Å². The molecule has 0 fully saturated rings. The van der Waals surface area contributed by atoms with Gasteiger partial charge in [0.2, 0.25) is 0 Å². The van der Waals surface area contributed by atoms with Crippen LogP contribution in [0.4, 0.5) is 10.1 Å². The summed E-state index contributed by atoms with van der Waals surface area (Å²) in [5.74, 6) is -1.76. The SMILES string of the molecule is C[C@@H](OC(=O)c1ccsc1)C(=O)Nc1ccc(Br)cc1F. The molecule has 0 saturated carbocycles. The van der Waals surface area contributed by atoms with Gasteiger partial charge in [-0.25, -0.2) is 9.18 Å². The Morgan fingerprint density at radius 3 is 2.76 bits per heavy atom. The van der Waals surface area contributed by atoms with Crippen LogP contribution in [0.3, 0.4) is 0 Å². The molecule has 2 rings (SSSR count). The van der Waals surface area contributed by atoms with Crippen molar-refractivity contribution in [1.29, 1.82) is 0 Å². The fourth-order valence-electron chi connectivity index (χ4n) is 1.49. The quantitative estimate of drug-likeness (QED) is 0.830. The summed E-state index contributed by atoms with van der Waals surface area (Å²) in [4.78, 5) is 23.6. The number of ether oxygens (including phenoxy) is 1. The number of nitrogens with one attached hydrogen (secondary N) is 1. The predicted octanol–water partition coefficient (Wildman–Crippen LogP) is 3.83. The van der Waals surface area contributed by atoms with E-state index in [0.717, 1.165) is 0 Å². The van der Waals surface area contributed by atoms with E-state index in [2.05, 4.69) is 21.2 Å². The van der Waals surface area contributed by atoms with Gasteiger partial charge in [0, 0.05) is 9.85 Å². The van der Waals surface area contributed by atoms with Crippen LogP contribution in [0.25, 0.3) is 0 Å². The molecule has 0 aliphatic rings. The Bertz CT molecular complexity index is 660. The molecule has 1 aromatic carbocycles. The van der Waals surface area contributed by atoms with E-state index in [1.54, 1.807) is 22.9 Å². The van der Waals surface area contributed by atoms with Gasteiger partial charge >= 0.3 is 5.97 Å². The first-order chi connectivity index (χ1) is 9.97. The molecule has 21 heavy (non-hydrogen) atoms. The average Bonchev–Trinajstić information content (AvgIpc) is 2.95. The number of carbonyl (C=O) groups excluding carboxylic acids is 2. The molecule has 0 unspecified atom stereocenters. The number of thiophene rings is 1. The second-order valence-electron chi connectivity index (χ2n) is 4.17. The van der Waals surface area contributed by atoms with Gasteiger partial charge in [0.15, 0.2) is 6.10 Å². The number of amides is 1. The third kappa shape index (κ3) is 4.12. The number of carbonyl (C=O) groups is 2. The normalized spacial score (nSPS) is 11.8. The van der Waals surface area contributed by atoms with Crippen LogP contribution in [-0.2, 0) is 9.53 Å². The number of anilines is 1. The van der Waals surface area contributed by atoms with Gasteiger partial charge in [-0.2, -0.15) is 11.3 Å². The minimum absolute atomic E-state index is 0.0293. The first-order valence-electron chi connectivity index (χ1n) is 5.96. The van der Waals surface area contributed by atoms with Crippen molar-refractivity contribution in [2.24, 2.45) is 0 Å². The van der Waals surface area contributed by atoms with Gasteiger partial charge in [-0.3, -0.25) is 4.79 Å². The first-order valence-corrected chi connectivity index (χ1v) is 7.70. The summed E-state index contributed by atoms with van der Waals surface area (Å²) >= 11 is 4.48. The van der Waals surface area contributed by atoms with Gasteiger partial charge in [-0.15, -0.1) is 0 Å². The zero-order chi connectivity index (χ0) is 15.4. The summed E-state index contributed by atoms with van der Waals surface area (Å²) in [5.41, 5.74) is 0.413. The summed E-state index contributed by atoms with van der Waals surface area (Å²) < 4.78 is 19.2. The van der Waals surface area contributed by atoms with Gasteiger partial charge in [0.05, 0.1) is 11.3 Å². The molecule has 0 aliphatic heterocycles. The molecule has 1 heterocycles. The summed E-state index contributed by atoms with van der Waals surface area (Å²) in [5, 5.41) is 5.74. The molecular formula is C14H11BrFNO3S. The summed E-state index contributed by atoms with van der Waals surface area (Å²) in [6.07, 6.45) is -1.03. The van der Waals surface area contributed by atoms with Gasteiger partial charge < -0.3 is 10.1 Å². The topological polar surface area (TPSA) is 55.4 Å². The Hall–Kier alpha value is -1.73. The molecular weight excluding hydrogens is 361 g/mol. The van der Waals surface area contributed by atoms with E-state index in [4.69, 9.17) is 4.74 Å². The van der Waals surface area contributed by atoms with Crippen molar-refractivity contribution in [1.82, 2.24) is 0 Å². The highest BCUT2D eigenvalue weighted by molar-refractivity contribution is 9.10.